The highest BCUT2D eigenvalue weighted by atomic mass is 16.3. The van der Waals surface area contributed by atoms with E-state index in [4.69, 9.17) is 0 Å². The smallest absolute Gasteiger partial charge is 0.120 e. The number of aromatic amines is 1. The molecule has 1 aliphatic carbocycles. The molecule has 1 saturated heterocycles. The molecule has 0 spiro atoms. The molecule has 4 nitrogen and oxygen atoms in total. The molecule has 23 heavy (non-hydrogen) atoms. The second-order valence-electron chi connectivity index (χ2n) is 7.00. The highest BCUT2D eigenvalue weighted by molar-refractivity contribution is 5.25. The van der Waals surface area contributed by atoms with Crippen molar-refractivity contribution in [1.82, 2.24) is 14.9 Å². The maximum Gasteiger partial charge on any atom is 0.120 e. The van der Waals surface area contributed by atoms with Crippen LogP contribution in [0.5, 0.6) is 0 Å². The fourth-order valence-corrected chi connectivity index (χ4v) is 4.63. The first kappa shape index (κ1) is 14.9. The number of nitrogens with zero attached hydrogens (tertiary/aromatic N) is 2. The van der Waals surface area contributed by atoms with Crippen LogP contribution in [0, 0.1) is 5.92 Å². The average Bonchev–Trinajstić information content (AvgIpc) is 3.12. The van der Waals surface area contributed by atoms with Crippen LogP contribution in [-0.2, 0) is 12.1 Å². The van der Waals surface area contributed by atoms with Crippen LogP contribution in [0.3, 0.4) is 0 Å². The lowest BCUT2D eigenvalue weighted by molar-refractivity contribution is -0.123. The van der Waals surface area contributed by atoms with Crippen molar-refractivity contribution in [2.45, 2.75) is 50.3 Å². The van der Waals surface area contributed by atoms with Crippen molar-refractivity contribution in [2.75, 3.05) is 6.54 Å². The fraction of sp³-hybridized carbons (Fsp3) is 0.526. The maximum atomic E-state index is 11.5. The number of hydrogen-bond acceptors (Lipinski definition) is 3. The van der Waals surface area contributed by atoms with E-state index in [1.165, 1.54) is 19.3 Å². The number of likely N-dealkylation sites (tertiary alicyclic amines) is 1. The van der Waals surface area contributed by atoms with Gasteiger partial charge in [-0.1, -0.05) is 43.2 Å². The number of rotatable bonds is 3. The first-order valence-electron chi connectivity index (χ1n) is 8.77. The van der Waals surface area contributed by atoms with Gasteiger partial charge in [-0.05, 0) is 24.8 Å². The zero-order chi connectivity index (χ0) is 15.7. The second-order valence-corrected chi connectivity index (χ2v) is 7.00. The molecule has 1 aromatic carbocycles. The Morgan fingerprint density at radius 3 is 2.83 bits per heavy atom. The lowest BCUT2D eigenvalue weighted by Crippen LogP contribution is -2.57. The summed E-state index contributed by atoms with van der Waals surface area (Å²) in [6.45, 7) is 1.78. The molecule has 2 fully saturated rings. The van der Waals surface area contributed by atoms with E-state index in [2.05, 4.69) is 27.0 Å². The van der Waals surface area contributed by atoms with Crippen molar-refractivity contribution >= 4 is 0 Å². The summed E-state index contributed by atoms with van der Waals surface area (Å²) in [5.74, 6) is 1.35. The monoisotopic (exact) mass is 311 g/mol. The first-order valence-corrected chi connectivity index (χ1v) is 8.77. The van der Waals surface area contributed by atoms with E-state index in [1.807, 2.05) is 30.6 Å². The number of aromatic nitrogens is 2. The molecule has 2 aromatic rings. The van der Waals surface area contributed by atoms with Gasteiger partial charge < -0.3 is 10.1 Å². The minimum atomic E-state index is -0.675. The summed E-state index contributed by atoms with van der Waals surface area (Å²) in [5.41, 5.74) is 0.418. The summed E-state index contributed by atoms with van der Waals surface area (Å²) >= 11 is 0. The molecular weight excluding hydrogens is 286 g/mol. The average molecular weight is 311 g/mol. The Bertz CT molecular complexity index is 627. The number of hydrogen-bond donors (Lipinski definition) is 2. The van der Waals surface area contributed by atoms with Crippen molar-refractivity contribution < 1.29 is 5.11 Å². The Morgan fingerprint density at radius 1 is 1.22 bits per heavy atom. The molecule has 4 heteroatoms. The van der Waals surface area contributed by atoms with E-state index in [0.717, 1.165) is 37.3 Å². The third-order valence-electron chi connectivity index (χ3n) is 5.77. The topological polar surface area (TPSA) is 52.1 Å². The first-order chi connectivity index (χ1) is 11.3. The molecule has 1 saturated carbocycles. The van der Waals surface area contributed by atoms with Crippen LogP contribution >= 0.6 is 0 Å². The van der Waals surface area contributed by atoms with Gasteiger partial charge in [0.15, 0.2) is 0 Å². The van der Waals surface area contributed by atoms with E-state index in [9.17, 15) is 5.11 Å². The molecule has 0 unspecified atom stereocenters. The van der Waals surface area contributed by atoms with E-state index < -0.39 is 5.60 Å². The van der Waals surface area contributed by atoms with Gasteiger partial charge in [-0.2, -0.15) is 0 Å². The molecule has 1 aromatic heterocycles. The molecule has 122 valence electrons. The van der Waals surface area contributed by atoms with E-state index in [-0.39, 0.29) is 0 Å². The van der Waals surface area contributed by atoms with Gasteiger partial charge in [0, 0.05) is 30.9 Å². The summed E-state index contributed by atoms with van der Waals surface area (Å²) in [6, 6.07) is 10.7. The molecule has 1 aliphatic heterocycles. The lowest BCUT2D eigenvalue weighted by Gasteiger charge is -2.52. The number of H-pyrrole nitrogens is 1. The molecule has 2 aliphatic rings. The highest BCUT2D eigenvalue weighted by Crippen LogP contribution is 2.47. The van der Waals surface area contributed by atoms with E-state index >= 15 is 0 Å². The van der Waals surface area contributed by atoms with Gasteiger partial charge in [0.05, 0.1) is 12.1 Å². The highest BCUT2D eigenvalue weighted by Gasteiger charge is 2.48. The largest absolute Gasteiger partial charge is 0.385 e. The Morgan fingerprint density at radius 2 is 2.04 bits per heavy atom. The van der Waals surface area contributed by atoms with Crippen molar-refractivity contribution in [3.63, 3.8) is 0 Å². The van der Waals surface area contributed by atoms with Gasteiger partial charge >= 0.3 is 0 Å². The molecule has 0 amide bonds. The van der Waals surface area contributed by atoms with Crippen LogP contribution in [0.15, 0.2) is 42.7 Å². The van der Waals surface area contributed by atoms with Crippen LogP contribution in [-0.4, -0.2) is 32.6 Å². The molecule has 4 rings (SSSR count). The SMILES string of the molecule is O[C@@]1(c2ccccc2)CCN(Cc2ncc[nH]2)[C@H]2CCCC[C@@H]21. The molecule has 3 atom stereocenters. The van der Waals surface area contributed by atoms with Crippen molar-refractivity contribution in [3.8, 4) is 0 Å². The third kappa shape index (κ3) is 2.70. The van der Waals surface area contributed by atoms with Crippen LogP contribution in [0.25, 0.3) is 0 Å². The number of nitrogens with one attached hydrogen (secondary N) is 1. The summed E-state index contributed by atoms with van der Waals surface area (Å²) in [6.07, 6.45) is 9.30. The molecule has 2 N–H and O–H groups in total. The zero-order valence-electron chi connectivity index (χ0n) is 13.5. The Kier molecular flexibility index (Phi) is 3.95. The quantitative estimate of drug-likeness (QED) is 0.916. The minimum Gasteiger partial charge on any atom is -0.385 e. The lowest BCUT2D eigenvalue weighted by atomic mass is 9.66. The molecule has 0 bridgehead atoms. The maximum absolute atomic E-state index is 11.5. The summed E-state index contributed by atoms with van der Waals surface area (Å²) in [4.78, 5) is 10.1. The summed E-state index contributed by atoms with van der Waals surface area (Å²) < 4.78 is 0. The van der Waals surface area contributed by atoms with Gasteiger partial charge in [-0.3, -0.25) is 4.90 Å². The second kappa shape index (κ2) is 6.10. The predicted molar refractivity (Wildman–Crippen MR) is 89.7 cm³/mol. The van der Waals surface area contributed by atoms with Gasteiger partial charge in [-0.15, -0.1) is 0 Å². The van der Waals surface area contributed by atoms with Gasteiger partial charge in [-0.25, -0.2) is 4.98 Å². The minimum absolute atomic E-state index is 0.322. The molecule has 2 heterocycles. The van der Waals surface area contributed by atoms with E-state index in [0.29, 0.717) is 12.0 Å². The third-order valence-corrected chi connectivity index (χ3v) is 5.77. The van der Waals surface area contributed by atoms with Crippen LogP contribution in [0.1, 0.15) is 43.5 Å². The number of benzene rings is 1. The van der Waals surface area contributed by atoms with Crippen LogP contribution in [0.2, 0.25) is 0 Å². The summed E-state index contributed by atoms with van der Waals surface area (Å²) in [7, 11) is 0. The zero-order valence-corrected chi connectivity index (χ0v) is 13.5. The Balaban J connectivity index is 1.61. The number of imidazole rings is 1. The van der Waals surface area contributed by atoms with Gasteiger partial charge in [0.2, 0.25) is 0 Å². The number of fused-ring (bicyclic) bond motifs is 1. The standard InChI is InChI=1S/C19H25N3O/c23-19(15-6-2-1-3-7-15)10-13-22(14-18-20-11-12-21-18)17-9-5-4-8-16(17)19/h1-3,6-7,11-12,16-17,23H,4-5,8-10,13-14H2,(H,20,21)/t16-,17-,19+/m0/s1. The predicted octanol–water partition coefficient (Wildman–Crippen LogP) is 3.06. The normalized spacial score (nSPS) is 31.7. The fourth-order valence-electron chi connectivity index (χ4n) is 4.63. The molecular formula is C19H25N3O. The van der Waals surface area contributed by atoms with E-state index in [1.54, 1.807) is 0 Å². The Labute approximate surface area is 137 Å². The number of piperidine rings is 1. The summed E-state index contributed by atoms with van der Waals surface area (Å²) in [5, 5.41) is 11.5. The number of aliphatic hydroxyl groups is 1. The van der Waals surface area contributed by atoms with Crippen molar-refractivity contribution in [3.05, 3.63) is 54.1 Å². The van der Waals surface area contributed by atoms with Crippen LogP contribution in [0.4, 0.5) is 0 Å². The van der Waals surface area contributed by atoms with Crippen LogP contribution < -0.4 is 0 Å². The Hall–Kier alpha value is -1.65. The molecule has 0 radical (unpaired) electrons. The van der Waals surface area contributed by atoms with Crippen molar-refractivity contribution in [2.24, 2.45) is 5.92 Å². The van der Waals surface area contributed by atoms with Gasteiger partial charge in [0.25, 0.3) is 0 Å². The van der Waals surface area contributed by atoms with Gasteiger partial charge in [0.1, 0.15) is 5.82 Å². The van der Waals surface area contributed by atoms with Crippen molar-refractivity contribution in [1.29, 1.82) is 0 Å².